The Labute approximate surface area is 181 Å². The van der Waals surface area contributed by atoms with Gasteiger partial charge in [-0.25, -0.2) is 9.59 Å². The molecule has 3 rings (SSSR count). The largest absolute Gasteiger partial charge is 0.465 e. The Morgan fingerprint density at radius 1 is 1.13 bits per heavy atom. The maximum Gasteiger partial charge on any atom is 0.348 e. The van der Waals surface area contributed by atoms with Crippen LogP contribution in [0.5, 0.6) is 0 Å². The van der Waals surface area contributed by atoms with E-state index in [1.807, 2.05) is 0 Å². The molecule has 0 spiro atoms. The lowest BCUT2D eigenvalue weighted by Gasteiger charge is -2.17. The average molecular weight is 454 g/mol. The van der Waals surface area contributed by atoms with E-state index in [9.17, 15) is 14.4 Å². The number of thioether (sulfide) groups is 1. The van der Waals surface area contributed by atoms with Gasteiger partial charge in [-0.15, -0.1) is 21.5 Å². The number of carbonyl (C=O) groups is 3. The van der Waals surface area contributed by atoms with Crippen LogP contribution < -0.4 is 5.32 Å². The first-order valence-corrected chi connectivity index (χ1v) is 11.3. The molecule has 0 aliphatic heterocycles. The minimum atomic E-state index is -0.643. The Balaban J connectivity index is 1.65. The van der Waals surface area contributed by atoms with Crippen LogP contribution in [0.1, 0.15) is 69.5 Å². The molecule has 30 heavy (non-hydrogen) atoms. The maximum atomic E-state index is 12.4. The van der Waals surface area contributed by atoms with E-state index in [2.05, 4.69) is 15.5 Å². The van der Waals surface area contributed by atoms with E-state index in [0.717, 1.165) is 48.8 Å². The van der Waals surface area contributed by atoms with Crippen LogP contribution in [0.25, 0.3) is 0 Å². The molecule has 2 aromatic heterocycles. The molecule has 0 aromatic carbocycles. The van der Waals surface area contributed by atoms with Crippen molar-refractivity contribution in [2.75, 3.05) is 25.3 Å². The molecule has 0 unspecified atom stereocenters. The highest BCUT2D eigenvalue weighted by Gasteiger charge is 2.27. The number of carbonyl (C=O) groups excluding carboxylic acids is 3. The van der Waals surface area contributed by atoms with E-state index >= 15 is 0 Å². The van der Waals surface area contributed by atoms with Gasteiger partial charge in [-0.1, -0.05) is 31.0 Å². The molecular weight excluding hydrogens is 430 g/mol. The summed E-state index contributed by atoms with van der Waals surface area (Å²) in [6, 6.07) is 0. The van der Waals surface area contributed by atoms with Gasteiger partial charge >= 0.3 is 11.9 Å². The Bertz CT molecular complexity index is 933. The summed E-state index contributed by atoms with van der Waals surface area (Å²) in [4.78, 5) is 36.7. The third-order valence-corrected chi connectivity index (χ3v) is 6.87. The highest BCUT2D eigenvalue weighted by atomic mass is 32.2. The zero-order chi connectivity index (χ0) is 21.7. The van der Waals surface area contributed by atoms with Crippen molar-refractivity contribution in [1.82, 2.24) is 10.2 Å². The number of hydrogen-bond donors (Lipinski definition) is 1. The molecule has 11 heteroatoms. The van der Waals surface area contributed by atoms with Crippen molar-refractivity contribution < 1.29 is 28.3 Å². The number of aromatic nitrogens is 2. The minimum absolute atomic E-state index is 0.0113. The van der Waals surface area contributed by atoms with Crippen molar-refractivity contribution in [2.45, 2.75) is 50.2 Å². The van der Waals surface area contributed by atoms with Crippen LogP contribution in [0.2, 0.25) is 0 Å². The minimum Gasteiger partial charge on any atom is -0.465 e. The molecule has 0 saturated heterocycles. The molecule has 162 valence electrons. The molecule has 1 saturated carbocycles. The first-order chi connectivity index (χ1) is 14.4. The topological polar surface area (TPSA) is 121 Å². The summed E-state index contributed by atoms with van der Waals surface area (Å²) in [7, 11) is 2.48. The second kappa shape index (κ2) is 10.1. The van der Waals surface area contributed by atoms with Crippen molar-refractivity contribution in [3.63, 3.8) is 0 Å². The predicted octanol–water partition coefficient (Wildman–Crippen LogP) is 3.79. The van der Waals surface area contributed by atoms with Crippen LogP contribution in [0.3, 0.4) is 0 Å². The standard InChI is InChI=1S/C19H23N3O6S2/c1-10-13(17(24)26-2)16(30-14(10)18(25)27-3)20-12(23)9-29-19-22-21-15(28-19)11-7-5-4-6-8-11/h11H,4-9H2,1-3H3,(H,20,23). The first kappa shape index (κ1) is 22.3. The van der Waals surface area contributed by atoms with Crippen molar-refractivity contribution in [1.29, 1.82) is 0 Å². The highest BCUT2D eigenvalue weighted by molar-refractivity contribution is 7.99. The summed E-state index contributed by atoms with van der Waals surface area (Å²) < 4.78 is 15.2. The third kappa shape index (κ3) is 5.01. The highest BCUT2D eigenvalue weighted by Crippen LogP contribution is 2.35. The Morgan fingerprint density at radius 2 is 1.83 bits per heavy atom. The Hall–Kier alpha value is -2.40. The fourth-order valence-electron chi connectivity index (χ4n) is 3.32. The van der Waals surface area contributed by atoms with Gasteiger partial charge in [0.05, 0.1) is 25.5 Å². The molecule has 9 nitrogen and oxygen atoms in total. The normalized spacial score (nSPS) is 14.4. The molecule has 1 N–H and O–H groups in total. The Kier molecular flexibility index (Phi) is 7.48. The van der Waals surface area contributed by atoms with Crippen LogP contribution in [-0.2, 0) is 14.3 Å². The van der Waals surface area contributed by atoms with E-state index in [-0.39, 0.29) is 27.1 Å². The fraction of sp³-hybridized carbons (Fsp3) is 0.526. The van der Waals surface area contributed by atoms with E-state index in [4.69, 9.17) is 13.9 Å². The number of nitrogens with zero attached hydrogens (tertiary/aromatic N) is 2. The van der Waals surface area contributed by atoms with E-state index in [0.29, 0.717) is 22.6 Å². The Morgan fingerprint density at radius 3 is 2.50 bits per heavy atom. The molecule has 1 aliphatic rings. The van der Waals surface area contributed by atoms with E-state index in [1.54, 1.807) is 6.92 Å². The average Bonchev–Trinajstić information content (AvgIpc) is 3.36. The molecule has 1 fully saturated rings. The summed E-state index contributed by atoms with van der Waals surface area (Å²) in [6.45, 7) is 1.60. The van der Waals surface area contributed by atoms with Crippen molar-refractivity contribution in [3.8, 4) is 0 Å². The van der Waals surface area contributed by atoms with Gasteiger partial charge in [0.2, 0.25) is 11.8 Å². The summed E-state index contributed by atoms with van der Waals surface area (Å²) in [5, 5.41) is 11.4. The molecular formula is C19H23N3O6S2. The number of ether oxygens (including phenoxy) is 2. The predicted molar refractivity (Wildman–Crippen MR) is 111 cm³/mol. The molecule has 0 radical (unpaired) electrons. The summed E-state index contributed by atoms with van der Waals surface area (Å²) in [5.74, 6) is -0.669. The van der Waals surface area contributed by atoms with Crippen LogP contribution in [0.4, 0.5) is 5.00 Å². The number of methoxy groups -OCH3 is 2. The molecule has 1 aliphatic carbocycles. The maximum absolute atomic E-state index is 12.4. The van der Waals surface area contributed by atoms with E-state index in [1.165, 1.54) is 20.6 Å². The van der Waals surface area contributed by atoms with Crippen molar-refractivity contribution in [2.24, 2.45) is 0 Å². The lowest BCUT2D eigenvalue weighted by Crippen LogP contribution is -2.16. The monoisotopic (exact) mass is 453 g/mol. The van der Waals surface area contributed by atoms with Gasteiger partial charge in [-0.05, 0) is 25.3 Å². The number of hydrogen-bond acceptors (Lipinski definition) is 10. The van der Waals surface area contributed by atoms with Crippen molar-refractivity contribution in [3.05, 3.63) is 21.9 Å². The molecule has 0 bridgehead atoms. The summed E-state index contributed by atoms with van der Waals surface area (Å²) in [6.07, 6.45) is 5.65. The molecule has 0 atom stereocenters. The van der Waals surface area contributed by atoms with Gasteiger partial charge in [-0.2, -0.15) is 0 Å². The fourth-order valence-corrected chi connectivity index (χ4v) is 5.02. The second-order valence-electron chi connectivity index (χ2n) is 6.82. The van der Waals surface area contributed by atoms with Gasteiger partial charge in [0.15, 0.2) is 0 Å². The molecule has 2 heterocycles. The van der Waals surface area contributed by atoms with Crippen LogP contribution in [-0.4, -0.2) is 48.0 Å². The summed E-state index contributed by atoms with van der Waals surface area (Å²) in [5.41, 5.74) is 0.536. The van der Waals surface area contributed by atoms with Gasteiger partial charge in [-0.3, -0.25) is 4.79 Å². The van der Waals surface area contributed by atoms with Crippen LogP contribution >= 0.6 is 23.1 Å². The van der Waals surface area contributed by atoms with Crippen LogP contribution in [0, 0.1) is 6.92 Å². The molecule has 2 aromatic rings. The third-order valence-electron chi connectivity index (χ3n) is 4.86. The number of esters is 2. The van der Waals surface area contributed by atoms with Crippen molar-refractivity contribution >= 4 is 45.9 Å². The van der Waals surface area contributed by atoms with Gasteiger partial charge in [0.1, 0.15) is 9.88 Å². The van der Waals surface area contributed by atoms with Gasteiger partial charge < -0.3 is 19.2 Å². The summed E-state index contributed by atoms with van der Waals surface area (Å²) >= 11 is 2.09. The lowest BCUT2D eigenvalue weighted by molar-refractivity contribution is -0.113. The zero-order valence-corrected chi connectivity index (χ0v) is 18.6. The van der Waals surface area contributed by atoms with E-state index < -0.39 is 11.9 Å². The first-order valence-electron chi connectivity index (χ1n) is 9.50. The number of thiophene rings is 1. The number of anilines is 1. The lowest BCUT2D eigenvalue weighted by atomic mass is 9.89. The molecule has 1 amide bonds. The van der Waals surface area contributed by atoms with Crippen LogP contribution in [0.15, 0.2) is 9.64 Å². The number of nitrogens with one attached hydrogen (secondary N) is 1. The van der Waals surface area contributed by atoms with Gasteiger partial charge in [0.25, 0.3) is 5.22 Å². The smallest absolute Gasteiger partial charge is 0.348 e. The number of rotatable bonds is 7. The van der Waals surface area contributed by atoms with Gasteiger partial charge in [0, 0.05) is 5.92 Å². The number of amides is 1. The zero-order valence-electron chi connectivity index (χ0n) is 17.0. The quantitative estimate of drug-likeness (QED) is 0.493. The second-order valence-corrected chi connectivity index (χ2v) is 8.77. The SMILES string of the molecule is COC(=O)c1sc(NC(=O)CSc2nnc(C3CCCCC3)o2)c(C(=O)OC)c1C.